The number of amidine groups is 1. The molecule has 0 atom stereocenters. The van der Waals surface area contributed by atoms with Gasteiger partial charge in [-0.1, -0.05) is 12.1 Å². The molecule has 0 aromatic heterocycles. The molecule has 0 amide bonds. The van der Waals surface area contributed by atoms with E-state index in [4.69, 9.17) is 9.47 Å². The molecule has 0 aliphatic carbocycles. The van der Waals surface area contributed by atoms with Crippen LogP contribution in [0.15, 0.2) is 69.1 Å². The predicted molar refractivity (Wildman–Crippen MR) is 120 cm³/mol. The van der Waals surface area contributed by atoms with Crippen molar-refractivity contribution in [3.8, 4) is 0 Å². The highest BCUT2D eigenvalue weighted by Gasteiger charge is 2.28. The Kier molecular flexibility index (Phi) is 6.94. The van der Waals surface area contributed by atoms with Gasteiger partial charge in [0.2, 0.25) is 0 Å². The van der Waals surface area contributed by atoms with E-state index >= 15 is 0 Å². The topological polar surface area (TPSA) is 123 Å². The van der Waals surface area contributed by atoms with Gasteiger partial charge in [-0.3, -0.25) is 0 Å². The van der Waals surface area contributed by atoms with Crippen molar-refractivity contribution in [1.82, 2.24) is 0 Å². The van der Waals surface area contributed by atoms with Crippen LogP contribution in [-0.4, -0.2) is 39.4 Å². The van der Waals surface area contributed by atoms with Gasteiger partial charge in [0.25, 0.3) is 10.0 Å². The lowest BCUT2D eigenvalue weighted by molar-refractivity contribution is -0.137. The number of hydrogen-bond donors (Lipinski definition) is 2. The number of ether oxygens (including phenoxy) is 2. The predicted octanol–water partition coefficient (Wildman–Crippen LogP) is 3.33. The van der Waals surface area contributed by atoms with Crippen molar-refractivity contribution < 1.29 is 27.5 Å². The zero-order valence-corrected chi connectivity index (χ0v) is 18.7. The fraction of sp³-hybridized carbons (Fsp3) is 0.227. The first-order valence-corrected chi connectivity index (χ1v) is 11.3. The van der Waals surface area contributed by atoms with Crippen molar-refractivity contribution in [2.45, 2.75) is 25.7 Å². The summed E-state index contributed by atoms with van der Waals surface area (Å²) in [4.78, 5) is 24.3. The first kappa shape index (κ1) is 23.0. The number of fused-ring (bicyclic) bond motifs is 1. The van der Waals surface area contributed by atoms with Crippen LogP contribution in [0.3, 0.4) is 0 Å². The molecule has 0 radical (unpaired) electrons. The number of sulfonamides is 1. The summed E-state index contributed by atoms with van der Waals surface area (Å²) in [6, 6.07) is 12.3. The minimum absolute atomic E-state index is 0.0326. The van der Waals surface area contributed by atoms with E-state index in [0.717, 1.165) is 0 Å². The van der Waals surface area contributed by atoms with Gasteiger partial charge in [-0.15, -0.1) is 4.40 Å². The number of anilines is 2. The van der Waals surface area contributed by atoms with Gasteiger partial charge >= 0.3 is 11.9 Å². The molecule has 168 valence electrons. The third-order valence-electron chi connectivity index (χ3n) is 4.47. The van der Waals surface area contributed by atoms with Gasteiger partial charge in [-0.05, 0) is 57.2 Å². The Labute approximate surface area is 186 Å². The molecule has 0 bridgehead atoms. The lowest BCUT2D eigenvalue weighted by Crippen LogP contribution is -2.25. The van der Waals surface area contributed by atoms with Crippen LogP contribution in [0.25, 0.3) is 0 Å². The molecule has 32 heavy (non-hydrogen) atoms. The number of para-hydroxylation sites is 2. The van der Waals surface area contributed by atoms with Crippen LogP contribution < -0.4 is 10.6 Å². The summed E-state index contributed by atoms with van der Waals surface area (Å²) in [5.41, 5.74) is 1.75. The van der Waals surface area contributed by atoms with Crippen LogP contribution in [0.4, 0.5) is 11.4 Å². The molecule has 0 saturated heterocycles. The van der Waals surface area contributed by atoms with Gasteiger partial charge in [0.05, 0.1) is 35.0 Å². The number of hydrogen-bond acceptors (Lipinski definition) is 7. The Hall–Kier alpha value is -3.66. The van der Waals surface area contributed by atoms with Gasteiger partial charge in [-0.2, -0.15) is 8.42 Å². The highest BCUT2D eigenvalue weighted by atomic mass is 32.2. The van der Waals surface area contributed by atoms with E-state index in [-0.39, 0.29) is 35.1 Å². The summed E-state index contributed by atoms with van der Waals surface area (Å²) >= 11 is 0. The third-order valence-corrected chi connectivity index (χ3v) is 5.76. The Morgan fingerprint density at radius 3 is 2.03 bits per heavy atom. The van der Waals surface area contributed by atoms with Crippen LogP contribution >= 0.6 is 0 Å². The van der Waals surface area contributed by atoms with Gasteiger partial charge in [0, 0.05) is 5.70 Å². The Balaban J connectivity index is 2.06. The van der Waals surface area contributed by atoms with Gasteiger partial charge in [0.1, 0.15) is 5.57 Å². The van der Waals surface area contributed by atoms with Crippen molar-refractivity contribution in [2.75, 3.05) is 23.8 Å². The number of carbonyl (C=O) groups excluding carboxylic acids is 2. The standard InChI is InChI=1S/C22H23N3O6S/c1-4-30-21(26)15-10-12-16(13-11-15)32(28,29)25-20-19(22(27)31-5-2)14(3)23-17-8-6-7-9-18(17)24-20/h6-13,23H,4-5H2,1-3H3,(H,24,25). The van der Waals surface area contributed by atoms with Crippen LogP contribution in [0.2, 0.25) is 0 Å². The second kappa shape index (κ2) is 9.65. The molecule has 1 heterocycles. The van der Waals surface area contributed by atoms with E-state index in [1.54, 1.807) is 45.0 Å². The molecule has 10 heteroatoms. The van der Waals surface area contributed by atoms with E-state index < -0.39 is 22.0 Å². The molecule has 3 rings (SSSR count). The molecule has 1 aliphatic heterocycles. The molecule has 9 nitrogen and oxygen atoms in total. The lowest BCUT2D eigenvalue weighted by Gasteiger charge is -2.12. The molecular formula is C22H23N3O6S. The van der Waals surface area contributed by atoms with Gasteiger partial charge < -0.3 is 20.1 Å². The van der Waals surface area contributed by atoms with E-state index in [1.165, 1.54) is 24.3 Å². The molecule has 0 saturated carbocycles. The van der Waals surface area contributed by atoms with E-state index in [2.05, 4.69) is 15.0 Å². The maximum absolute atomic E-state index is 13.0. The van der Waals surface area contributed by atoms with Crippen molar-refractivity contribution in [3.63, 3.8) is 0 Å². The summed E-state index contributed by atoms with van der Waals surface area (Å²) in [6.07, 6.45) is 0. The number of benzene rings is 2. The monoisotopic (exact) mass is 457 g/mol. The largest absolute Gasteiger partial charge is 0.462 e. The molecular weight excluding hydrogens is 434 g/mol. The summed E-state index contributed by atoms with van der Waals surface area (Å²) in [5.74, 6) is -1.45. The molecule has 2 aromatic rings. The second-order valence-corrected chi connectivity index (χ2v) is 8.28. The van der Waals surface area contributed by atoms with Crippen molar-refractivity contribution in [1.29, 1.82) is 0 Å². The van der Waals surface area contributed by atoms with Crippen molar-refractivity contribution in [2.24, 2.45) is 4.40 Å². The molecule has 0 unspecified atom stereocenters. The fourth-order valence-electron chi connectivity index (χ4n) is 3.01. The highest BCUT2D eigenvalue weighted by Crippen LogP contribution is 2.29. The van der Waals surface area contributed by atoms with Gasteiger partial charge in [0.15, 0.2) is 5.84 Å². The average Bonchev–Trinajstić information content (AvgIpc) is 2.88. The van der Waals surface area contributed by atoms with Crippen LogP contribution in [-0.2, 0) is 24.3 Å². The first-order chi connectivity index (χ1) is 15.3. The van der Waals surface area contributed by atoms with E-state index in [9.17, 15) is 18.0 Å². The minimum Gasteiger partial charge on any atom is -0.462 e. The fourth-order valence-corrected chi connectivity index (χ4v) is 3.97. The van der Waals surface area contributed by atoms with Crippen LogP contribution in [0, 0.1) is 0 Å². The maximum Gasteiger partial charge on any atom is 0.343 e. The number of allylic oxidation sites excluding steroid dienone is 1. The highest BCUT2D eigenvalue weighted by molar-refractivity contribution is 7.90. The van der Waals surface area contributed by atoms with Crippen molar-refractivity contribution in [3.05, 3.63) is 65.4 Å². The molecule has 0 fully saturated rings. The number of esters is 2. The third kappa shape index (κ3) is 4.97. The number of nitrogens with one attached hydrogen (secondary N) is 2. The van der Waals surface area contributed by atoms with Crippen molar-refractivity contribution >= 4 is 39.2 Å². The quantitative estimate of drug-likeness (QED) is 0.633. The molecule has 0 spiro atoms. The lowest BCUT2D eigenvalue weighted by atomic mass is 10.2. The molecule has 2 aromatic carbocycles. The van der Waals surface area contributed by atoms with Crippen LogP contribution in [0.1, 0.15) is 31.1 Å². The molecule has 1 aliphatic rings. The smallest absolute Gasteiger partial charge is 0.343 e. The first-order valence-electron chi connectivity index (χ1n) is 9.90. The zero-order chi connectivity index (χ0) is 23.3. The summed E-state index contributed by atoms with van der Waals surface area (Å²) in [5, 5.41) is 6.02. The Morgan fingerprint density at radius 2 is 1.44 bits per heavy atom. The van der Waals surface area contributed by atoms with Gasteiger partial charge in [-0.25, -0.2) is 9.59 Å². The number of carbonyl (C=O) groups is 2. The average molecular weight is 458 g/mol. The normalized spacial score (nSPS) is 14.7. The molecule has 2 N–H and O–H groups in total. The summed E-state index contributed by atoms with van der Waals surface area (Å²) in [7, 11) is -4.23. The minimum atomic E-state index is -4.23. The summed E-state index contributed by atoms with van der Waals surface area (Å²) in [6.45, 7) is 5.27. The Morgan fingerprint density at radius 1 is 0.875 bits per heavy atom. The van der Waals surface area contributed by atoms with E-state index in [0.29, 0.717) is 17.1 Å². The van der Waals surface area contributed by atoms with E-state index in [1.807, 2.05) is 0 Å². The summed E-state index contributed by atoms with van der Waals surface area (Å²) < 4.78 is 40.0. The zero-order valence-electron chi connectivity index (χ0n) is 17.8. The van der Waals surface area contributed by atoms with Crippen LogP contribution in [0.5, 0.6) is 0 Å². The Bertz CT molecular complexity index is 1200. The number of rotatable bonds is 6. The second-order valence-electron chi connectivity index (χ2n) is 6.68. The number of nitrogens with zero attached hydrogens (tertiary/aromatic N) is 1. The SMILES string of the molecule is CCOC(=O)C1=C(C)Nc2ccccc2N/C1=N/S(=O)(=O)c1ccc(C(=O)OCC)cc1. The maximum atomic E-state index is 13.0.